The summed E-state index contributed by atoms with van der Waals surface area (Å²) in [5, 5.41) is 3.17. The van der Waals surface area contributed by atoms with Gasteiger partial charge in [0.05, 0.1) is 13.2 Å². The molecule has 1 aliphatic carbocycles. The maximum Gasteiger partial charge on any atom is 0.240 e. The molecule has 0 heterocycles. The highest BCUT2D eigenvalue weighted by Gasteiger charge is 2.49. The molecule has 0 radical (unpaired) electrons. The molecule has 1 unspecified atom stereocenters. The van der Waals surface area contributed by atoms with E-state index in [1.165, 1.54) is 0 Å². The van der Waals surface area contributed by atoms with E-state index in [-0.39, 0.29) is 5.91 Å². The number of carbonyl (C=O) groups excluding carboxylic acids is 1. The first-order valence-electron chi connectivity index (χ1n) is 5.20. The van der Waals surface area contributed by atoms with E-state index in [2.05, 4.69) is 5.32 Å². The lowest BCUT2D eigenvalue weighted by Crippen LogP contribution is -2.61. The average molecular weight is 216 g/mol. The number of amides is 1. The number of nitrogens with two attached hydrogens (primary N) is 1. The topological polar surface area (TPSA) is 73.6 Å². The van der Waals surface area contributed by atoms with Crippen LogP contribution in [0.15, 0.2) is 0 Å². The molecular formula is C10H20N2O3. The Morgan fingerprint density at radius 3 is 2.53 bits per heavy atom. The third kappa shape index (κ3) is 2.90. The Morgan fingerprint density at radius 2 is 2.13 bits per heavy atom. The maximum absolute atomic E-state index is 11.5. The Kier molecular flexibility index (Phi) is 4.50. The summed E-state index contributed by atoms with van der Waals surface area (Å²) < 4.78 is 10.0. The molecule has 5 nitrogen and oxygen atoms in total. The largest absolute Gasteiger partial charge is 0.383 e. The van der Waals surface area contributed by atoms with Gasteiger partial charge in [-0.1, -0.05) is 0 Å². The van der Waals surface area contributed by atoms with E-state index in [0.717, 1.165) is 12.8 Å². The van der Waals surface area contributed by atoms with Crippen LogP contribution in [0.2, 0.25) is 0 Å². The van der Waals surface area contributed by atoms with Crippen molar-refractivity contribution in [1.29, 1.82) is 0 Å². The van der Waals surface area contributed by atoms with E-state index in [4.69, 9.17) is 15.2 Å². The van der Waals surface area contributed by atoms with Gasteiger partial charge in [-0.25, -0.2) is 0 Å². The standard InChI is InChI=1S/C10H20N2O3/c1-14-6-5-12-10(7-15-2,9(11)13)8-3-4-8/h8,12H,3-7H2,1-2H3,(H2,11,13). The molecule has 0 bridgehead atoms. The highest BCUT2D eigenvalue weighted by atomic mass is 16.5. The van der Waals surface area contributed by atoms with Gasteiger partial charge in [0.25, 0.3) is 0 Å². The molecule has 1 atom stereocenters. The number of hydrogen-bond acceptors (Lipinski definition) is 4. The predicted molar refractivity (Wildman–Crippen MR) is 56.4 cm³/mol. The number of primary amides is 1. The minimum atomic E-state index is -0.701. The Balaban J connectivity index is 2.59. The smallest absolute Gasteiger partial charge is 0.240 e. The zero-order valence-corrected chi connectivity index (χ0v) is 9.41. The van der Waals surface area contributed by atoms with E-state index in [1.807, 2.05) is 0 Å². The monoisotopic (exact) mass is 216 g/mol. The molecule has 1 amide bonds. The van der Waals surface area contributed by atoms with Crippen LogP contribution in [-0.2, 0) is 14.3 Å². The second kappa shape index (κ2) is 5.44. The third-order valence-corrected chi connectivity index (χ3v) is 2.83. The minimum Gasteiger partial charge on any atom is -0.383 e. The molecule has 0 aromatic carbocycles. The molecule has 3 N–H and O–H groups in total. The van der Waals surface area contributed by atoms with Crippen LogP contribution >= 0.6 is 0 Å². The first-order chi connectivity index (χ1) is 7.17. The zero-order valence-electron chi connectivity index (χ0n) is 9.41. The number of carbonyl (C=O) groups is 1. The minimum absolute atomic E-state index is 0.312. The molecule has 1 fully saturated rings. The highest BCUT2D eigenvalue weighted by molar-refractivity contribution is 5.85. The first-order valence-corrected chi connectivity index (χ1v) is 5.20. The van der Waals surface area contributed by atoms with Crippen LogP contribution < -0.4 is 11.1 Å². The van der Waals surface area contributed by atoms with Crippen molar-refractivity contribution in [3.05, 3.63) is 0 Å². The number of methoxy groups -OCH3 is 2. The van der Waals surface area contributed by atoms with Crippen molar-refractivity contribution in [3.63, 3.8) is 0 Å². The quantitative estimate of drug-likeness (QED) is 0.537. The summed E-state index contributed by atoms with van der Waals surface area (Å²) in [5.41, 5.74) is 4.76. The van der Waals surface area contributed by atoms with E-state index in [0.29, 0.717) is 25.7 Å². The van der Waals surface area contributed by atoms with E-state index < -0.39 is 5.54 Å². The lowest BCUT2D eigenvalue weighted by molar-refractivity contribution is -0.127. The summed E-state index contributed by atoms with van der Waals surface area (Å²) in [4.78, 5) is 11.5. The van der Waals surface area contributed by atoms with Crippen LogP contribution in [0, 0.1) is 5.92 Å². The van der Waals surface area contributed by atoms with Crippen LogP contribution in [0.1, 0.15) is 12.8 Å². The van der Waals surface area contributed by atoms with Crippen LogP contribution in [-0.4, -0.2) is 45.4 Å². The fourth-order valence-corrected chi connectivity index (χ4v) is 1.85. The van der Waals surface area contributed by atoms with Crippen molar-refractivity contribution in [3.8, 4) is 0 Å². The van der Waals surface area contributed by atoms with Gasteiger partial charge >= 0.3 is 0 Å². The lowest BCUT2D eigenvalue weighted by atomic mass is 9.93. The molecular weight excluding hydrogens is 196 g/mol. The Hall–Kier alpha value is -0.650. The van der Waals surface area contributed by atoms with Crippen molar-refractivity contribution >= 4 is 5.91 Å². The maximum atomic E-state index is 11.5. The van der Waals surface area contributed by atoms with Crippen LogP contribution in [0.5, 0.6) is 0 Å². The molecule has 0 aromatic rings. The van der Waals surface area contributed by atoms with Crippen LogP contribution in [0.25, 0.3) is 0 Å². The highest BCUT2D eigenvalue weighted by Crippen LogP contribution is 2.39. The van der Waals surface area contributed by atoms with Gasteiger partial charge in [-0.15, -0.1) is 0 Å². The van der Waals surface area contributed by atoms with Crippen molar-refractivity contribution in [2.45, 2.75) is 18.4 Å². The van der Waals surface area contributed by atoms with E-state index >= 15 is 0 Å². The molecule has 15 heavy (non-hydrogen) atoms. The number of nitrogens with one attached hydrogen (secondary N) is 1. The summed E-state index contributed by atoms with van der Waals surface area (Å²) in [6.45, 7) is 1.50. The predicted octanol–water partition coefficient (Wildman–Crippen LogP) is -0.497. The third-order valence-electron chi connectivity index (χ3n) is 2.83. The molecule has 88 valence electrons. The Morgan fingerprint density at radius 1 is 1.47 bits per heavy atom. The normalized spacial score (nSPS) is 19.9. The Bertz CT molecular complexity index is 219. The molecule has 0 aliphatic heterocycles. The summed E-state index contributed by atoms with van der Waals surface area (Å²) in [6.07, 6.45) is 2.07. The average Bonchev–Trinajstić information content (AvgIpc) is 3.00. The Labute approximate surface area is 90.3 Å². The van der Waals surface area contributed by atoms with Gasteiger partial charge in [0.2, 0.25) is 5.91 Å². The number of ether oxygens (including phenoxy) is 2. The molecule has 0 saturated heterocycles. The summed E-state index contributed by atoms with van der Waals surface area (Å²) >= 11 is 0. The SMILES string of the molecule is COCCNC(COC)(C(N)=O)C1CC1. The first kappa shape index (κ1) is 12.4. The van der Waals surface area contributed by atoms with Gasteiger partial charge in [0, 0.05) is 20.8 Å². The molecule has 1 rings (SSSR count). The van der Waals surface area contributed by atoms with E-state index in [1.54, 1.807) is 14.2 Å². The molecule has 0 spiro atoms. The lowest BCUT2D eigenvalue weighted by Gasteiger charge is -2.31. The van der Waals surface area contributed by atoms with Crippen LogP contribution in [0.3, 0.4) is 0 Å². The van der Waals surface area contributed by atoms with Gasteiger partial charge < -0.3 is 15.2 Å². The van der Waals surface area contributed by atoms with Gasteiger partial charge in [-0.05, 0) is 18.8 Å². The number of hydrogen-bond donors (Lipinski definition) is 2. The fraction of sp³-hybridized carbons (Fsp3) is 0.900. The van der Waals surface area contributed by atoms with E-state index in [9.17, 15) is 4.79 Å². The molecule has 1 aliphatic rings. The van der Waals surface area contributed by atoms with Gasteiger partial charge in [-0.2, -0.15) is 0 Å². The summed E-state index contributed by atoms with van der Waals surface area (Å²) in [7, 11) is 3.21. The molecule has 1 saturated carbocycles. The summed E-state index contributed by atoms with van der Waals surface area (Å²) in [6, 6.07) is 0. The van der Waals surface area contributed by atoms with Gasteiger partial charge in [-0.3, -0.25) is 10.1 Å². The molecule has 0 aromatic heterocycles. The van der Waals surface area contributed by atoms with Crippen LogP contribution in [0.4, 0.5) is 0 Å². The fourth-order valence-electron chi connectivity index (χ4n) is 1.85. The van der Waals surface area contributed by atoms with Crippen molar-refractivity contribution in [2.24, 2.45) is 11.7 Å². The number of rotatable bonds is 8. The van der Waals surface area contributed by atoms with Crippen molar-refractivity contribution in [2.75, 3.05) is 34.0 Å². The second-order valence-electron chi connectivity index (χ2n) is 3.96. The zero-order chi connectivity index (χ0) is 11.3. The second-order valence-corrected chi connectivity index (χ2v) is 3.96. The van der Waals surface area contributed by atoms with Crippen molar-refractivity contribution in [1.82, 2.24) is 5.32 Å². The van der Waals surface area contributed by atoms with Crippen molar-refractivity contribution < 1.29 is 14.3 Å². The van der Waals surface area contributed by atoms with Gasteiger partial charge in [0.15, 0.2) is 0 Å². The summed E-state index contributed by atoms with van der Waals surface area (Å²) in [5.74, 6) is -0.0187. The molecule has 5 heteroatoms. The van der Waals surface area contributed by atoms with Gasteiger partial charge in [0.1, 0.15) is 5.54 Å².